The van der Waals surface area contributed by atoms with E-state index < -0.39 is 11.6 Å². The molecule has 1 saturated heterocycles. The van der Waals surface area contributed by atoms with Crippen LogP contribution in [0.3, 0.4) is 0 Å². The predicted octanol–water partition coefficient (Wildman–Crippen LogP) is 4.07. The van der Waals surface area contributed by atoms with Crippen LogP contribution >= 0.6 is 0 Å². The van der Waals surface area contributed by atoms with Gasteiger partial charge in [0.1, 0.15) is 11.2 Å². The van der Waals surface area contributed by atoms with Gasteiger partial charge in [-0.15, -0.1) is 0 Å². The second kappa shape index (κ2) is 7.34. The fourth-order valence-corrected chi connectivity index (χ4v) is 3.53. The summed E-state index contributed by atoms with van der Waals surface area (Å²) in [6, 6.07) is 14.1. The molecule has 1 unspecified atom stereocenters. The molecule has 1 N–H and O–H groups in total. The molecule has 1 aromatic carbocycles. The third-order valence-electron chi connectivity index (χ3n) is 4.99. The van der Waals surface area contributed by atoms with Crippen molar-refractivity contribution in [3.8, 4) is 11.5 Å². The summed E-state index contributed by atoms with van der Waals surface area (Å²) >= 11 is 0. The van der Waals surface area contributed by atoms with Gasteiger partial charge in [0.05, 0.1) is 12.8 Å². The van der Waals surface area contributed by atoms with Gasteiger partial charge >= 0.3 is 6.03 Å². The zero-order valence-corrected chi connectivity index (χ0v) is 15.6. The molecule has 0 bridgehead atoms. The number of rotatable bonds is 7. The van der Waals surface area contributed by atoms with E-state index in [-0.39, 0.29) is 12.5 Å². The van der Waals surface area contributed by atoms with Gasteiger partial charge in [0.15, 0.2) is 5.76 Å². The van der Waals surface area contributed by atoms with E-state index in [1.54, 1.807) is 18.2 Å². The van der Waals surface area contributed by atoms with Gasteiger partial charge in [0.25, 0.3) is 5.91 Å². The number of urea groups is 1. The summed E-state index contributed by atoms with van der Waals surface area (Å²) in [7, 11) is 0. The maximum atomic E-state index is 13.3. The molecule has 0 aliphatic carbocycles. The van der Waals surface area contributed by atoms with E-state index >= 15 is 0 Å². The lowest BCUT2D eigenvalue weighted by atomic mass is 9.85. The zero-order chi connectivity index (χ0) is 19.6. The number of imide groups is 1. The summed E-state index contributed by atoms with van der Waals surface area (Å²) in [6.07, 6.45) is 3.83. The van der Waals surface area contributed by atoms with Gasteiger partial charge in [0, 0.05) is 6.07 Å². The molecule has 7 heteroatoms. The summed E-state index contributed by atoms with van der Waals surface area (Å²) in [4.78, 5) is 27.2. The Labute approximate surface area is 162 Å². The molecular weight excluding hydrogens is 358 g/mol. The monoisotopic (exact) mass is 379 g/mol. The average Bonchev–Trinajstić information content (AvgIpc) is 3.44. The third kappa shape index (κ3) is 3.09. The van der Waals surface area contributed by atoms with Crippen molar-refractivity contribution in [1.82, 2.24) is 15.4 Å². The molecule has 0 radical (unpaired) electrons. The Kier molecular flexibility index (Phi) is 4.73. The number of carbonyl (C=O) groups is 2. The summed E-state index contributed by atoms with van der Waals surface area (Å²) < 4.78 is 10.6. The van der Waals surface area contributed by atoms with Crippen LogP contribution in [-0.2, 0) is 16.9 Å². The SMILES string of the molecule is CCCCC1(c2ccccc2)NC(=O)N(Cc2cc(-c3ccco3)on2)C1=O. The molecule has 0 saturated carbocycles. The highest BCUT2D eigenvalue weighted by Gasteiger charge is 2.51. The van der Waals surface area contributed by atoms with Crippen LogP contribution in [0.2, 0.25) is 0 Å². The molecule has 3 amide bonds. The molecule has 144 valence electrons. The highest BCUT2D eigenvalue weighted by molar-refractivity contribution is 6.07. The number of nitrogens with zero attached hydrogens (tertiary/aromatic N) is 2. The average molecular weight is 379 g/mol. The first kappa shape index (κ1) is 18.0. The molecule has 2 aromatic heterocycles. The van der Waals surface area contributed by atoms with Crippen LogP contribution in [0.4, 0.5) is 4.79 Å². The lowest BCUT2D eigenvalue weighted by Gasteiger charge is -2.27. The molecule has 4 rings (SSSR count). The highest BCUT2D eigenvalue weighted by Crippen LogP contribution is 2.35. The van der Waals surface area contributed by atoms with Crippen LogP contribution in [0.25, 0.3) is 11.5 Å². The van der Waals surface area contributed by atoms with Crippen LogP contribution in [-0.4, -0.2) is 22.0 Å². The van der Waals surface area contributed by atoms with E-state index in [9.17, 15) is 9.59 Å². The Hall–Kier alpha value is -3.35. The van der Waals surface area contributed by atoms with Gasteiger partial charge in [-0.25, -0.2) is 4.79 Å². The number of amides is 3. The molecule has 1 aliphatic heterocycles. The first-order chi connectivity index (χ1) is 13.6. The summed E-state index contributed by atoms with van der Waals surface area (Å²) in [5.74, 6) is 0.726. The van der Waals surface area contributed by atoms with Gasteiger partial charge < -0.3 is 14.3 Å². The molecule has 3 aromatic rings. The topological polar surface area (TPSA) is 88.6 Å². The second-order valence-electron chi connectivity index (χ2n) is 6.86. The zero-order valence-electron chi connectivity index (χ0n) is 15.6. The van der Waals surface area contributed by atoms with Crippen LogP contribution in [0.5, 0.6) is 0 Å². The van der Waals surface area contributed by atoms with Gasteiger partial charge in [0.2, 0.25) is 5.76 Å². The minimum Gasteiger partial charge on any atom is -0.461 e. The van der Waals surface area contributed by atoms with Crippen molar-refractivity contribution in [2.75, 3.05) is 0 Å². The van der Waals surface area contributed by atoms with Crippen molar-refractivity contribution < 1.29 is 18.5 Å². The van der Waals surface area contributed by atoms with E-state index in [1.165, 1.54) is 11.2 Å². The smallest absolute Gasteiger partial charge is 0.325 e. The Morgan fingerprint density at radius 3 is 2.64 bits per heavy atom. The molecule has 3 heterocycles. The second-order valence-corrected chi connectivity index (χ2v) is 6.86. The van der Waals surface area contributed by atoms with Crippen molar-refractivity contribution in [2.45, 2.75) is 38.3 Å². The first-order valence-corrected chi connectivity index (χ1v) is 9.33. The fraction of sp³-hybridized carbons (Fsp3) is 0.286. The van der Waals surface area contributed by atoms with Crippen LogP contribution in [0.15, 0.2) is 63.7 Å². The number of aromatic nitrogens is 1. The fourth-order valence-electron chi connectivity index (χ4n) is 3.53. The van der Waals surface area contributed by atoms with E-state index in [0.29, 0.717) is 23.6 Å². The van der Waals surface area contributed by atoms with E-state index in [1.807, 2.05) is 30.3 Å². The number of hydrogen-bond acceptors (Lipinski definition) is 5. The number of hydrogen-bond donors (Lipinski definition) is 1. The number of benzene rings is 1. The summed E-state index contributed by atoms with van der Waals surface area (Å²) in [6.45, 7) is 2.10. The maximum Gasteiger partial charge on any atom is 0.325 e. The lowest BCUT2D eigenvalue weighted by molar-refractivity contribution is -0.132. The number of furan rings is 1. The lowest BCUT2D eigenvalue weighted by Crippen LogP contribution is -2.44. The standard InChI is InChI=1S/C21H21N3O4/c1-2-3-11-21(15-8-5-4-6-9-15)19(25)24(20(26)22-21)14-16-13-18(28-23-16)17-10-7-12-27-17/h4-10,12-13H,2-3,11,14H2,1H3,(H,22,26). The molecule has 7 nitrogen and oxygen atoms in total. The van der Waals surface area contributed by atoms with Gasteiger partial charge in [-0.1, -0.05) is 55.3 Å². The molecule has 28 heavy (non-hydrogen) atoms. The molecule has 1 aliphatic rings. The van der Waals surface area contributed by atoms with E-state index in [4.69, 9.17) is 8.94 Å². The number of carbonyl (C=O) groups excluding carboxylic acids is 2. The van der Waals surface area contributed by atoms with Crippen molar-refractivity contribution >= 4 is 11.9 Å². The van der Waals surface area contributed by atoms with E-state index in [0.717, 1.165) is 18.4 Å². The van der Waals surface area contributed by atoms with Gasteiger partial charge in [-0.05, 0) is 24.1 Å². The van der Waals surface area contributed by atoms with Crippen molar-refractivity contribution in [2.24, 2.45) is 0 Å². The Balaban J connectivity index is 1.60. The molecule has 1 atom stereocenters. The van der Waals surface area contributed by atoms with Crippen molar-refractivity contribution in [1.29, 1.82) is 0 Å². The van der Waals surface area contributed by atoms with Crippen LogP contribution in [0.1, 0.15) is 37.4 Å². The number of nitrogens with one attached hydrogen (secondary N) is 1. The van der Waals surface area contributed by atoms with Crippen molar-refractivity contribution in [3.63, 3.8) is 0 Å². The summed E-state index contributed by atoms with van der Waals surface area (Å²) in [5.41, 5.74) is 0.233. The first-order valence-electron chi connectivity index (χ1n) is 9.33. The highest BCUT2D eigenvalue weighted by atomic mass is 16.5. The third-order valence-corrected chi connectivity index (χ3v) is 4.99. The Bertz CT molecular complexity index is 965. The van der Waals surface area contributed by atoms with Crippen molar-refractivity contribution in [3.05, 3.63) is 66.1 Å². The Morgan fingerprint density at radius 2 is 1.93 bits per heavy atom. The van der Waals surface area contributed by atoms with Gasteiger partial charge in [-0.3, -0.25) is 9.69 Å². The van der Waals surface area contributed by atoms with Crippen LogP contribution in [0, 0.1) is 0 Å². The molecule has 0 spiro atoms. The minimum absolute atomic E-state index is 0.0373. The van der Waals surface area contributed by atoms with E-state index in [2.05, 4.69) is 17.4 Å². The Morgan fingerprint density at radius 1 is 1.11 bits per heavy atom. The number of unbranched alkanes of at least 4 members (excludes halogenated alkanes) is 1. The quantitative estimate of drug-likeness (QED) is 0.625. The van der Waals surface area contributed by atoms with Gasteiger partial charge in [-0.2, -0.15) is 0 Å². The maximum absolute atomic E-state index is 13.3. The normalized spacial score (nSPS) is 19.2. The summed E-state index contributed by atoms with van der Waals surface area (Å²) in [5, 5.41) is 6.91. The minimum atomic E-state index is -1.04. The largest absolute Gasteiger partial charge is 0.461 e. The molecular formula is C21H21N3O4. The predicted molar refractivity (Wildman–Crippen MR) is 101 cm³/mol. The van der Waals surface area contributed by atoms with Crippen LogP contribution < -0.4 is 5.32 Å². The molecule has 1 fully saturated rings.